The van der Waals surface area contributed by atoms with Crippen LogP contribution in [0.5, 0.6) is 0 Å². The lowest BCUT2D eigenvalue weighted by Gasteiger charge is -2.50. The molecular weight excluding hydrogens is 256 g/mol. The van der Waals surface area contributed by atoms with Crippen molar-refractivity contribution < 1.29 is 9.53 Å². The molecule has 2 fully saturated rings. The highest BCUT2D eigenvalue weighted by atomic mass is 16.5. The Bertz CT molecular complexity index is 481. The molecule has 0 N–H and O–H groups in total. The summed E-state index contributed by atoms with van der Waals surface area (Å²) in [6.07, 6.45) is 5.62. The minimum Gasteiger partial charge on any atom is -0.372 e. The lowest BCUT2D eigenvalue weighted by Crippen LogP contribution is -2.62. The van der Waals surface area contributed by atoms with Gasteiger partial charge in [0, 0.05) is 38.6 Å². The van der Waals surface area contributed by atoms with E-state index in [0.29, 0.717) is 6.61 Å². The summed E-state index contributed by atoms with van der Waals surface area (Å²) in [4.78, 5) is 24.8. The number of aromatic nitrogens is 2. The highest BCUT2D eigenvalue weighted by Gasteiger charge is 2.51. The highest BCUT2D eigenvalue weighted by Crippen LogP contribution is 2.40. The van der Waals surface area contributed by atoms with Gasteiger partial charge >= 0.3 is 0 Å². The second kappa shape index (κ2) is 5.36. The summed E-state index contributed by atoms with van der Waals surface area (Å²) in [5.74, 6) is 0.863. The van der Waals surface area contributed by atoms with Crippen LogP contribution < -0.4 is 4.90 Å². The van der Waals surface area contributed by atoms with E-state index in [1.807, 2.05) is 17.9 Å². The molecule has 0 saturated carbocycles. The Morgan fingerprint density at radius 2 is 2.10 bits per heavy atom. The number of carbonyl (C=O) groups excluding carboxylic acids is 1. The van der Waals surface area contributed by atoms with Gasteiger partial charge in [0.2, 0.25) is 11.9 Å². The number of hydrogen-bond donors (Lipinski definition) is 0. The van der Waals surface area contributed by atoms with Crippen LogP contribution in [-0.4, -0.2) is 59.2 Å². The number of nitrogens with zero attached hydrogens (tertiary/aromatic N) is 4. The summed E-state index contributed by atoms with van der Waals surface area (Å²) in [5, 5.41) is 0. The monoisotopic (exact) mass is 276 g/mol. The summed E-state index contributed by atoms with van der Waals surface area (Å²) in [5.41, 5.74) is 0.0449. The number of carbonyl (C=O) groups is 1. The van der Waals surface area contributed by atoms with Crippen molar-refractivity contribution in [2.75, 3.05) is 37.7 Å². The van der Waals surface area contributed by atoms with Gasteiger partial charge in [-0.2, -0.15) is 0 Å². The Balaban J connectivity index is 1.65. The Kier molecular flexibility index (Phi) is 3.56. The van der Waals surface area contributed by atoms with Gasteiger partial charge in [-0.05, 0) is 25.8 Å². The molecule has 0 aromatic carbocycles. The summed E-state index contributed by atoms with van der Waals surface area (Å²) < 4.78 is 5.21. The van der Waals surface area contributed by atoms with E-state index in [2.05, 4.69) is 14.9 Å². The molecule has 2 aliphatic rings. The van der Waals surface area contributed by atoms with Gasteiger partial charge in [-0.15, -0.1) is 0 Å². The lowest BCUT2D eigenvalue weighted by atomic mass is 9.84. The van der Waals surface area contributed by atoms with Crippen molar-refractivity contribution >= 4 is 11.9 Å². The maximum Gasteiger partial charge on any atom is 0.248 e. The number of ether oxygens (including phenoxy) is 1. The normalized spacial score (nSPS) is 25.1. The first-order valence-corrected chi connectivity index (χ1v) is 7.15. The number of amides is 1. The van der Waals surface area contributed by atoms with Gasteiger partial charge in [0.05, 0.1) is 5.54 Å². The molecule has 6 heteroatoms. The zero-order chi connectivity index (χ0) is 14.0. The average molecular weight is 276 g/mol. The van der Waals surface area contributed by atoms with Crippen molar-refractivity contribution in [2.45, 2.75) is 25.3 Å². The number of anilines is 1. The Hall–Kier alpha value is -1.69. The minimum absolute atomic E-state index is 0.0449. The topological polar surface area (TPSA) is 58.6 Å². The van der Waals surface area contributed by atoms with Crippen LogP contribution in [-0.2, 0) is 9.53 Å². The Labute approximate surface area is 118 Å². The SMILES string of the molecule is CCOCC(=O)N1CC[C@@]2(CCN2c2ncccn2)C1. The summed E-state index contributed by atoms with van der Waals surface area (Å²) >= 11 is 0. The van der Waals surface area contributed by atoms with Gasteiger partial charge in [0.15, 0.2) is 0 Å². The molecule has 0 aliphatic carbocycles. The number of hydrogen-bond acceptors (Lipinski definition) is 5. The van der Waals surface area contributed by atoms with Crippen LogP contribution in [0, 0.1) is 0 Å². The van der Waals surface area contributed by atoms with E-state index in [4.69, 9.17) is 4.74 Å². The van der Waals surface area contributed by atoms with Crippen molar-refractivity contribution in [2.24, 2.45) is 0 Å². The molecule has 2 saturated heterocycles. The molecule has 1 spiro atoms. The molecule has 20 heavy (non-hydrogen) atoms. The number of rotatable bonds is 4. The average Bonchev–Trinajstić information content (AvgIpc) is 2.92. The second-order valence-electron chi connectivity index (χ2n) is 5.38. The van der Waals surface area contributed by atoms with Crippen molar-refractivity contribution in [3.8, 4) is 0 Å². The van der Waals surface area contributed by atoms with Gasteiger partial charge in [-0.1, -0.05) is 0 Å². The zero-order valence-electron chi connectivity index (χ0n) is 11.8. The van der Waals surface area contributed by atoms with E-state index in [1.165, 1.54) is 0 Å². The van der Waals surface area contributed by atoms with E-state index < -0.39 is 0 Å². The first-order valence-electron chi connectivity index (χ1n) is 7.15. The van der Waals surface area contributed by atoms with Crippen LogP contribution in [0.4, 0.5) is 5.95 Å². The molecule has 1 amide bonds. The van der Waals surface area contributed by atoms with Gasteiger partial charge < -0.3 is 14.5 Å². The largest absolute Gasteiger partial charge is 0.372 e. The fraction of sp³-hybridized carbons (Fsp3) is 0.643. The quantitative estimate of drug-likeness (QED) is 0.810. The van der Waals surface area contributed by atoms with Crippen molar-refractivity contribution in [1.29, 1.82) is 0 Å². The van der Waals surface area contributed by atoms with E-state index in [9.17, 15) is 4.79 Å². The molecule has 0 unspecified atom stereocenters. The molecule has 0 bridgehead atoms. The molecule has 1 aromatic rings. The van der Waals surface area contributed by atoms with Crippen LogP contribution in [0.3, 0.4) is 0 Å². The maximum absolute atomic E-state index is 12.0. The molecule has 1 aromatic heterocycles. The molecule has 0 radical (unpaired) electrons. The summed E-state index contributed by atoms with van der Waals surface area (Å²) in [6, 6.07) is 1.82. The van der Waals surface area contributed by atoms with Gasteiger partial charge in [-0.25, -0.2) is 9.97 Å². The molecule has 6 nitrogen and oxygen atoms in total. The van der Waals surface area contributed by atoms with Crippen LogP contribution >= 0.6 is 0 Å². The standard InChI is InChI=1S/C14H20N4O2/c1-2-20-10-12(19)17-8-4-14(11-17)5-9-18(14)13-15-6-3-7-16-13/h3,6-7H,2,4-5,8-11H2,1H3/t14-/m1/s1. The van der Waals surface area contributed by atoms with Crippen LogP contribution in [0.1, 0.15) is 19.8 Å². The van der Waals surface area contributed by atoms with Gasteiger partial charge in [0.25, 0.3) is 0 Å². The third-order valence-electron chi connectivity index (χ3n) is 4.28. The Morgan fingerprint density at radius 3 is 2.75 bits per heavy atom. The predicted octanol–water partition coefficient (Wildman–Crippen LogP) is 0.694. The second-order valence-corrected chi connectivity index (χ2v) is 5.38. The van der Waals surface area contributed by atoms with Gasteiger partial charge in [0.1, 0.15) is 6.61 Å². The van der Waals surface area contributed by atoms with E-state index in [-0.39, 0.29) is 18.1 Å². The van der Waals surface area contributed by atoms with Crippen molar-refractivity contribution in [3.63, 3.8) is 0 Å². The smallest absolute Gasteiger partial charge is 0.248 e. The Morgan fingerprint density at radius 1 is 1.35 bits per heavy atom. The molecular formula is C14H20N4O2. The van der Waals surface area contributed by atoms with Crippen LogP contribution in [0.15, 0.2) is 18.5 Å². The highest BCUT2D eigenvalue weighted by molar-refractivity contribution is 5.78. The fourth-order valence-corrected chi connectivity index (χ4v) is 3.06. The van der Waals surface area contributed by atoms with E-state index in [1.54, 1.807) is 12.4 Å². The first-order chi connectivity index (χ1) is 9.75. The minimum atomic E-state index is 0.0449. The third kappa shape index (κ3) is 2.24. The summed E-state index contributed by atoms with van der Waals surface area (Å²) in [6.45, 7) is 5.20. The van der Waals surface area contributed by atoms with E-state index >= 15 is 0 Å². The predicted molar refractivity (Wildman–Crippen MR) is 74.4 cm³/mol. The molecule has 3 rings (SSSR count). The lowest BCUT2D eigenvalue weighted by molar-refractivity contribution is -0.135. The molecule has 1 atom stereocenters. The fourth-order valence-electron chi connectivity index (χ4n) is 3.06. The van der Waals surface area contributed by atoms with E-state index in [0.717, 1.165) is 38.4 Å². The van der Waals surface area contributed by atoms with Crippen molar-refractivity contribution in [1.82, 2.24) is 14.9 Å². The summed E-state index contributed by atoms with van der Waals surface area (Å²) in [7, 11) is 0. The first kappa shape index (κ1) is 13.3. The zero-order valence-corrected chi connectivity index (χ0v) is 11.8. The van der Waals surface area contributed by atoms with Gasteiger partial charge in [-0.3, -0.25) is 4.79 Å². The van der Waals surface area contributed by atoms with Crippen LogP contribution in [0.2, 0.25) is 0 Å². The number of likely N-dealkylation sites (tertiary alicyclic amines) is 1. The molecule has 108 valence electrons. The third-order valence-corrected chi connectivity index (χ3v) is 4.28. The molecule has 3 heterocycles. The van der Waals surface area contributed by atoms with Crippen LogP contribution in [0.25, 0.3) is 0 Å². The molecule has 2 aliphatic heterocycles. The van der Waals surface area contributed by atoms with Crippen molar-refractivity contribution in [3.05, 3.63) is 18.5 Å². The maximum atomic E-state index is 12.0.